The Morgan fingerprint density at radius 3 is 2.81 bits per heavy atom. The first-order valence-electron chi connectivity index (χ1n) is 12.3. The predicted octanol–water partition coefficient (Wildman–Crippen LogP) is 2.13. The lowest BCUT2D eigenvalue weighted by Crippen LogP contribution is -2.55. The summed E-state index contributed by atoms with van der Waals surface area (Å²) in [4.78, 5) is 38.2. The van der Waals surface area contributed by atoms with Crippen LogP contribution in [-0.4, -0.2) is 58.7 Å². The average molecular weight is 490 g/mol. The molecule has 4 heterocycles. The van der Waals surface area contributed by atoms with Crippen molar-refractivity contribution < 1.29 is 14.7 Å². The van der Waals surface area contributed by atoms with Gasteiger partial charge < -0.3 is 31.7 Å². The maximum atomic E-state index is 13.3. The van der Waals surface area contributed by atoms with E-state index in [1.807, 2.05) is 36.1 Å². The zero-order chi connectivity index (χ0) is 25.4. The van der Waals surface area contributed by atoms with E-state index < -0.39 is 18.1 Å². The van der Waals surface area contributed by atoms with Crippen molar-refractivity contribution in [2.24, 2.45) is 11.7 Å². The van der Waals surface area contributed by atoms with Gasteiger partial charge in [0.1, 0.15) is 0 Å². The molecular formula is C26H31N7O3. The molecule has 3 atom stereocenters. The Hall–Kier alpha value is -3.76. The summed E-state index contributed by atoms with van der Waals surface area (Å²) in [5, 5.41) is 13.9. The van der Waals surface area contributed by atoms with Crippen LogP contribution in [0.15, 0.2) is 42.7 Å². The Labute approximate surface area is 209 Å². The molecule has 2 aliphatic heterocycles. The summed E-state index contributed by atoms with van der Waals surface area (Å²) in [6, 6.07) is 8.71. The molecule has 0 spiro atoms. The number of nitrogen functional groups attached to an aromatic ring is 1. The number of aliphatic hydroxyl groups excluding tert-OH is 1. The van der Waals surface area contributed by atoms with Gasteiger partial charge in [-0.25, -0.2) is 4.98 Å². The zero-order valence-corrected chi connectivity index (χ0v) is 20.2. The highest BCUT2D eigenvalue weighted by atomic mass is 16.3. The van der Waals surface area contributed by atoms with E-state index >= 15 is 0 Å². The minimum absolute atomic E-state index is 0.0238. The molecule has 10 nitrogen and oxygen atoms in total. The molecule has 36 heavy (non-hydrogen) atoms. The lowest BCUT2D eigenvalue weighted by molar-refractivity contribution is -0.119. The standard InChI is InChI=1S/C26H31N7O3/c1-15-13-32(14-19(28)25(15)35)22-7-8-29-12-21(22)31-26(36)24-18(27)10-16-5-6-17(11-20(16)30-24)33-9-3-2-4-23(33)34/h5-8,10-12,15,19,25,35H,2-4,9,13-14,27-28H2,1H3,(H,31,36). The molecule has 188 valence electrons. The van der Waals surface area contributed by atoms with Gasteiger partial charge in [-0.2, -0.15) is 0 Å². The number of pyridine rings is 2. The van der Waals surface area contributed by atoms with Crippen LogP contribution < -0.4 is 26.6 Å². The Morgan fingerprint density at radius 2 is 2.03 bits per heavy atom. The van der Waals surface area contributed by atoms with Crippen molar-refractivity contribution in [2.45, 2.75) is 38.3 Å². The second kappa shape index (κ2) is 9.71. The van der Waals surface area contributed by atoms with Crippen molar-refractivity contribution in [3.05, 3.63) is 48.4 Å². The quantitative estimate of drug-likeness (QED) is 0.435. The fraction of sp³-hybridized carbons (Fsp3) is 0.385. The van der Waals surface area contributed by atoms with Gasteiger partial charge in [0.05, 0.1) is 34.9 Å². The van der Waals surface area contributed by atoms with Gasteiger partial charge >= 0.3 is 0 Å². The molecule has 1 aromatic carbocycles. The third-order valence-corrected chi connectivity index (χ3v) is 7.03. The van der Waals surface area contributed by atoms with Crippen molar-refractivity contribution in [3.8, 4) is 0 Å². The smallest absolute Gasteiger partial charge is 0.276 e. The summed E-state index contributed by atoms with van der Waals surface area (Å²) in [6.45, 7) is 3.66. The second-order valence-electron chi connectivity index (χ2n) is 9.69. The number of carbonyl (C=O) groups is 2. The second-order valence-corrected chi connectivity index (χ2v) is 9.69. The molecule has 6 N–H and O–H groups in total. The van der Waals surface area contributed by atoms with Gasteiger partial charge in [-0.15, -0.1) is 0 Å². The minimum atomic E-state index is -0.576. The maximum Gasteiger partial charge on any atom is 0.276 e. The molecule has 2 fully saturated rings. The first kappa shape index (κ1) is 24.0. The van der Waals surface area contributed by atoms with Crippen molar-refractivity contribution in [1.29, 1.82) is 0 Å². The van der Waals surface area contributed by atoms with E-state index in [1.165, 1.54) is 0 Å². The number of hydrogen-bond donors (Lipinski definition) is 4. The highest BCUT2D eigenvalue weighted by molar-refractivity contribution is 6.09. The normalized spacial score (nSPS) is 22.6. The van der Waals surface area contributed by atoms with E-state index in [9.17, 15) is 14.7 Å². The topological polar surface area (TPSA) is 151 Å². The number of hydrogen-bond acceptors (Lipinski definition) is 8. The lowest BCUT2D eigenvalue weighted by Gasteiger charge is -2.40. The predicted molar refractivity (Wildman–Crippen MR) is 140 cm³/mol. The van der Waals surface area contributed by atoms with Crippen molar-refractivity contribution >= 4 is 45.5 Å². The molecule has 3 aromatic rings. The van der Waals surface area contributed by atoms with Crippen LogP contribution in [0, 0.1) is 5.92 Å². The molecule has 0 aliphatic carbocycles. The van der Waals surface area contributed by atoms with E-state index in [4.69, 9.17) is 11.5 Å². The van der Waals surface area contributed by atoms with Crippen LogP contribution in [0.1, 0.15) is 36.7 Å². The van der Waals surface area contributed by atoms with Crippen molar-refractivity contribution in [1.82, 2.24) is 9.97 Å². The fourth-order valence-corrected chi connectivity index (χ4v) is 5.05. The molecular weight excluding hydrogens is 458 g/mol. The fourth-order valence-electron chi connectivity index (χ4n) is 5.05. The molecule has 3 unspecified atom stereocenters. The Bertz CT molecular complexity index is 1300. The van der Waals surface area contributed by atoms with Crippen LogP contribution in [0.4, 0.5) is 22.7 Å². The summed E-state index contributed by atoms with van der Waals surface area (Å²) in [7, 11) is 0. The van der Waals surface area contributed by atoms with Gasteiger partial charge in [0.2, 0.25) is 5.91 Å². The van der Waals surface area contributed by atoms with Crippen molar-refractivity contribution in [2.75, 3.05) is 40.5 Å². The van der Waals surface area contributed by atoms with Crippen LogP contribution in [0.5, 0.6) is 0 Å². The molecule has 2 amide bonds. The number of nitrogens with two attached hydrogens (primary N) is 2. The lowest BCUT2D eigenvalue weighted by atomic mass is 9.92. The van der Waals surface area contributed by atoms with Gasteiger partial charge in [0.15, 0.2) is 5.69 Å². The van der Waals surface area contributed by atoms with Gasteiger partial charge in [-0.1, -0.05) is 13.0 Å². The number of nitrogens with one attached hydrogen (secondary N) is 1. The maximum absolute atomic E-state index is 13.3. The van der Waals surface area contributed by atoms with E-state index in [0.717, 1.165) is 29.6 Å². The molecule has 2 saturated heterocycles. The SMILES string of the molecule is CC1CN(c2ccncc2NC(=O)c2nc3cc(N4CCCCC4=O)ccc3cc2N)CC(N)C1O. The van der Waals surface area contributed by atoms with E-state index in [0.29, 0.717) is 37.3 Å². The molecule has 5 rings (SSSR count). The first-order chi connectivity index (χ1) is 17.3. The first-order valence-corrected chi connectivity index (χ1v) is 12.3. The molecule has 0 radical (unpaired) electrons. The summed E-state index contributed by atoms with van der Waals surface area (Å²) >= 11 is 0. The van der Waals surface area contributed by atoms with Gasteiger partial charge in [-0.3, -0.25) is 14.6 Å². The Kier molecular flexibility index (Phi) is 6.46. The van der Waals surface area contributed by atoms with Gasteiger partial charge in [-0.05, 0) is 37.1 Å². The van der Waals surface area contributed by atoms with Crippen LogP contribution in [0.3, 0.4) is 0 Å². The average Bonchev–Trinajstić information content (AvgIpc) is 2.87. The number of nitrogens with zero attached hydrogens (tertiary/aromatic N) is 4. The summed E-state index contributed by atoms with van der Waals surface area (Å²) in [5.74, 6) is -0.390. The molecule has 0 bridgehead atoms. The van der Waals surface area contributed by atoms with E-state index in [-0.39, 0.29) is 23.2 Å². The number of amides is 2. The molecule has 10 heteroatoms. The number of benzene rings is 1. The van der Waals surface area contributed by atoms with E-state index in [1.54, 1.807) is 23.4 Å². The monoisotopic (exact) mass is 489 g/mol. The number of carbonyl (C=O) groups excluding carboxylic acids is 2. The summed E-state index contributed by atoms with van der Waals surface area (Å²) in [5.41, 5.74) is 15.3. The molecule has 0 saturated carbocycles. The highest BCUT2D eigenvalue weighted by Gasteiger charge is 2.32. The number of fused-ring (bicyclic) bond motifs is 1. The van der Waals surface area contributed by atoms with Gasteiger partial charge in [0.25, 0.3) is 5.91 Å². The number of piperidine rings is 2. The minimum Gasteiger partial charge on any atom is -0.397 e. The Morgan fingerprint density at radius 1 is 1.19 bits per heavy atom. The van der Waals surface area contributed by atoms with Crippen LogP contribution in [0.25, 0.3) is 10.9 Å². The molecule has 2 aromatic heterocycles. The van der Waals surface area contributed by atoms with Gasteiger partial charge in [0, 0.05) is 55.3 Å². The third kappa shape index (κ3) is 4.57. The summed E-state index contributed by atoms with van der Waals surface area (Å²) in [6.07, 6.45) is 5.05. The number of anilines is 4. The van der Waals surface area contributed by atoms with Crippen LogP contribution in [0.2, 0.25) is 0 Å². The van der Waals surface area contributed by atoms with Crippen molar-refractivity contribution in [3.63, 3.8) is 0 Å². The Balaban J connectivity index is 1.42. The largest absolute Gasteiger partial charge is 0.397 e. The number of aliphatic hydroxyl groups is 1. The summed E-state index contributed by atoms with van der Waals surface area (Å²) < 4.78 is 0. The molecule has 2 aliphatic rings. The third-order valence-electron chi connectivity index (χ3n) is 7.03. The highest BCUT2D eigenvalue weighted by Crippen LogP contribution is 2.31. The zero-order valence-electron chi connectivity index (χ0n) is 20.2. The van der Waals surface area contributed by atoms with E-state index in [2.05, 4.69) is 15.3 Å². The number of aromatic nitrogens is 2. The van der Waals surface area contributed by atoms with Crippen LogP contribution >= 0.6 is 0 Å². The van der Waals surface area contributed by atoms with Crippen LogP contribution in [-0.2, 0) is 4.79 Å². The number of rotatable bonds is 4.